The molecule has 1 rings (SSSR count). The van der Waals surface area contributed by atoms with E-state index in [0.717, 1.165) is 53.8 Å². The van der Waals surface area contributed by atoms with E-state index in [1.807, 2.05) is 11.8 Å². The number of ether oxygens (including phenoxy) is 1. The van der Waals surface area contributed by atoms with Gasteiger partial charge in [-0.1, -0.05) is 77.4 Å². The molecular formula is C25H45N3OS2. The quantitative estimate of drug-likeness (QED) is 0.0981. The fourth-order valence-electron chi connectivity index (χ4n) is 3.62. The van der Waals surface area contributed by atoms with Gasteiger partial charge in [0.1, 0.15) is 11.4 Å². The monoisotopic (exact) mass is 467 g/mol. The van der Waals surface area contributed by atoms with E-state index in [2.05, 4.69) is 36.1 Å². The normalized spacial score (nSPS) is 12.0. The van der Waals surface area contributed by atoms with Crippen LogP contribution in [0.25, 0.3) is 0 Å². The molecule has 178 valence electrons. The number of hydrogen-bond donors (Lipinski definition) is 1. The van der Waals surface area contributed by atoms with Gasteiger partial charge < -0.3 is 10.1 Å². The van der Waals surface area contributed by atoms with Crippen LogP contribution in [-0.2, 0) is 6.42 Å². The van der Waals surface area contributed by atoms with Gasteiger partial charge in [-0.05, 0) is 51.2 Å². The Morgan fingerprint density at radius 1 is 1.00 bits per heavy atom. The van der Waals surface area contributed by atoms with Crippen LogP contribution in [0.15, 0.2) is 11.4 Å². The van der Waals surface area contributed by atoms with Crippen molar-refractivity contribution in [2.24, 2.45) is 0 Å². The van der Waals surface area contributed by atoms with E-state index in [-0.39, 0.29) is 0 Å². The minimum atomic E-state index is 0.435. The third-order valence-electron chi connectivity index (χ3n) is 5.53. The number of aromatic nitrogens is 2. The summed E-state index contributed by atoms with van der Waals surface area (Å²) in [6.45, 7) is 6.73. The number of methoxy groups -OCH3 is 1. The van der Waals surface area contributed by atoms with Crippen molar-refractivity contribution < 1.29 is 4.74 Å². The Morgan fingerprint density at radius 2 is 1.71 bits per heavy atom. The molecule has 0 bridgehead atoms. The highest BCUT2D eigenvalue weighted by atomic mass is 32.2. The Labute approximate surface area is 201 Å². The minimum absolute atomic E-state index is 0.435. The van der Waals surface area contributed by atoms with Crippen molar-refractivity contribution in [2.45, 2.75) is 122 Å². The van der Waals surface area contributed by atoms with E-state index in [1.165, 1.54) is 63.4 Å². The summed E-state index contributed by atoms with van der Waals surface area (Å²) in [4.78, 5) is 9.87. The third kappa shape index (κ3) is 13.3. The van der Waals surface area contributed by atoms with Crippen LogP contribution < -0.4 is 10.1 Å². The van der Waals surface area contributed by atoms with Crippen LogP contribution in [0, 0.1) is 0 Å². The molecule has 0 spiro atoms. The van der Waals surface area contributed by atoms with E-state index in [9.17, 15) is 0 Å². The summed E-state index contributed by atoms with van der Waals surface area (Å²) in [5.74, 6) is 1.83. The second-order valence-electron chi connectivity index (χ2n) is 8.45. The lowest BCUT2D eigenvalue weighted by Crippen LogP contribution is -2.31. The van der Waals surface area contributed by atoms with Crippen molar-refractivity contribution in [1.82, 2.24) is 15.3 Å². The predicted octanol–water partition coefficient (Wildman–Crippen LogP) is 7.54. The maximum atomic E-state index is 5.56. The van der Waals surface area contributed by atoms with Crippen LogP contribution in [0.1, 0.15) is 110 Å². The molecule has 0 aromatic carbocycles. The number of thiocarbonyl (C=S) groups is 1. The van der Waals surface area contributed by atoms with Gasteiger partial charge in [-0.25, -0.2) is 9.97 Å². The molecule has 0 saturated heterocycles. The summed E-state index contributed by atoms with van der Waals surface area (Å²) >= 11 is 7.39. The van der Waals surface area contributed by atoms with Gasteiger partial charge in [0, 0.05) is 11.6 Å². The molecular weight excluding hydrogens is 422 g/mol. The zero-order valence-corrected chi connectivity index (χ0v) is 22.0. The Kier molecular flexibility index (Phi) is 17.0. The van der Waals surface area contributed by atoms with E-state index in [1.54, 1.807) is 13.4 Å². The zero-order chi connectivity index (χ0) is 22.7. The fraction of sp³-hybridized carbons (Fsp3) is 0.800. The number of hydrogen-bond acceptors (Lipinski definition) is 5. The highest BCUT2D eigenvalue weighted by Gasteiger charge is 2.13. The molecule has 4 nitrogen and oxygen atoms in total. The smallest absolute Gasteiger partial charge is 0.220 e. The molecule has 0 aliphatic rings. The minimum Gasteiger partial charge on any atom is -0.481 e. The number of nitrogens with zero attached hydrogens (tertiary/aromatic N) is 2. The van der Waals surface area contributed by atoms with Crippen molar-refractivity contribution >= 4 is 29.0 Å². The van der Waals surface area contributed by atoms with E-state index >= 15 is 0 Å². The highest BCUT2D eigenvalue weighted by molar-refractivity contribution is 7.99. The molecule has 1 unspecified atom stereocenters. The number of rotatable bonds is 19. The lowest BCUT2D eigenvalue weighted by molar-refractivity contribution is 0.387. The second kappa shape index (κ2) is 18.7. The standard InChI is InChI=1S/C25H45N3OS2/c1-5-7-9-10-11-12-13-18-23(30)28-21(3)16-14-15-17-22-24(29-4)26-20-27-25(22)31-19-8-6-2/h20-21H,5-19H2,1-4H3,(H,28,30). The third-order valence-corrected chi connectivity index (χ3v) is 6.97. The SMILES string of the molecule is CCCCCCCCCC(=S)NC(C)CCCCc1c(OC)ncnc1SCCCC. The Morgan fingerprint density at radius 3 is 2.42 bits per heavy atom. The van der Waals surface area contributed by atoms with Crippen molar-refractivity contribution in [3.8, 4) is 5.88 Å². The fourth-order valence-corrected chi connectivity index (χ4v) is 5.08. The molecule has 0 fully saturated rings. The summed E-state index contributed by atoms with van der Waals surface area (Å²) in [5.41, 5.74) is 1.17. The average Bonchev–Trinajstić information content (AvgIpc) is 2.76. The highest BCUT2D eigenvalue weighted by Crippen LogP contribution is 2.28. The maximum Gasteiger partial charge on any atom is 0.220 e. The van der Waals surface area contributed by atoms with Gasteiger partial charge in [0.2, 0.25) is 5.88 Å². The van der Waals surface area contributed by atoms with Crippen molar-refractivity contribution in [3.63, 3.8) is 0 Å². The van der Waals surface area contributed by atoms with Gasteiger partial charge in [-0.3, -0.25) is 0 Å². The van der Waals surface area contributed by atoms with E-state index in [4.69, 9.17) is 17.0 Å². The molecule has 0 aliphatic heterocycles. The lowest BCUT2D eigenvalue weighted by atomic mass is 10.1. The number of nitrogens with one attached hydrogen (secondary N) is 1. The summed E-state index contributed by atoms with van der Waals surface area (Å²) in [7, 11) is 1.70. The average molecular weight is 468 g/mol. The molecule has 1 heterocycles. The first-order valence-electron chi connectivity index (χ1n) is 12.4. The first kappa shape index (κ1) is 28.2. The molecule has 0 amide bonds. The topological polar surface area (TPSA) is 47.0 Å². The Hall–Kier alpha value is -0.880. The molecule has 0 aliphatic carbocycles. The molecule has 0 radical (unpaired) electrons. The second-order valence-corrected chi connectivity index (χ2v) is 10.0. The molecule has 31 heavy (non-hydrogen) atoms. The van der Waals surface area contributed by atoms with E-state index in [0.29, 0.717) is 6.04 Å². The molecule has 1 aromatic heterocycles. The Balaban J connectivity index is 2.26. The molecule has 1 aromatic rings. The van der Waals surface area contributed by atoms with Crippen LogP contribution in [0.5, 0.6) is 5.88 Å². The van der Waals surface area contributed by atoms with Crippen LogP contribution >= 0.6 is 24.0 Å². The maximum absolute atomic E-state index is 5.56. The molecule has 1 atom stereocenters. The van der Waals surface area contributed by atoms with Crippen LogP contribution in [0.4, 0.5) is 0 Å². The summed E-state index contributed by atoms with van der Waals surface area (Å²) in [6.07, 6.45) is 18.8. The molecule has 0 saturated carbocycles. The van der Waals surface area contributed by atoms with Crippen LogP contribution in [0.2, 0.25) is 0 Å². The van der Waals surface area contributed by atoms with Gasteiger partial charge in [-0.2, -0.15) is 0 Å². The van der Waals surface area contributed by atoms with Gasteiger partial charge in [0.15, 0.2) is 0 Å². The van der Waals surface area contributed by atoms with Crippen molar-refractivity contribution in [1.29, 1.82) is 0 Å². The van der Waals surface area contributed by atoms with E-state index < -0.39 is 0 Å². The van der Waals surface area contributed by atoms with Gasteiger partial charge in [-0.15, -0.1) is 11.8 Å². The summed E-state index contributed by atoms with van der Waals surface area (Å²) < 4.78 is 5.50. The molecule has 1 N–H and O–H groups in total. The van der Waals surface area contributed by atoms with Crippen LogP contribution in [-0.4, -0.2) is 33.9 Å². The predicted molar refractivity (Wildman–Crippen MR) is 140 cm³/mol. The Bertz CT molecular complexity index is 598. The first-order chi connectivity index (χ1) is 15.1. The first-order valence-corrected chi connectivity index (χ1v) is 13.8. The largest absolute Gasteiger partial charge is 0.481 e. The lowest BCUT2D eigenvalue weighted by Gasteiger charge is -2.16. The summed E-state index contributed by atoms with van der Waals surface area (Å²) in [5, 5.41) is 4.62. The zero-order valence-electron chi connectivity index (χ0n) is 20.4. The van der Waals surface area contributed by atoms with Crippen LogP contribution in [0.3, 0.4) is 0 Å². The number of unbranched alkanes of at least 4 members (excludes halogenated alkanes) is 8. The van der Waals surface area contributed by atoms with Crippen molar-refractivity contribution in [2.75, 3.05) is 12.9 Å². The molecule has 6 heteroatoms. The van der Waals surface area contributed by atoms with Gasteiger partial charge >= 0.3 is 0 Å². The van der Waals surface area contributed by atoms with Gasteiger partial charge in [0.25, 0.3) is 0 Å². The van der Waals surface area contributed by atoms with Gasteiger partial charge in [0.05, 0.1) is 12.1 Å². The number of thioether (sulfide) groups is 1. The summed E-state index contributed by atoms with van der Waals surface area (Å²) in [6, 6.07) is 0.435. The van der Waals surface area contributed by atoms with Crippen molar-refractivity contribution in [3.05, 3.63) is 11.9 Å².